The summed E-state index contributed by atoms with van der Waals surface area (Å²) in [4.78, 5) is 26.5. The lowest BCUT2D eigenvalue weighted by molar-refractivity contribution is -0.117. The van der Waals surface area contributed by atoms with Crippen LogP contribution in [0.1, 0.15) is 39.9 Å². The largest absolute Gasteiger partial charge is 0.322 e. The predicted octanol–water partition coefficient (Wildman–Crippen LogP) is 4.79. The van der Waals surface area contributed by atoms with Crippen LogP contribution in [-0.4, -0.2) is 26.8 Å². The van der Waals surface area contributed by atoms with Gasteiger partial charge in [-0.15, -0.1) is 0 Å². The number of carbonyl (C=O) groups excluding carboxylic acids is 2. The average Bonchev–Trinajstić information content (AvgIpc) is 3.22. The Morgan fingerprint density at radius 3 is 2.18 bits per heavy atom. The molecule has 2 amide bonds. The molecule has 1 saturated heterocycles. The molecular formula is C26H27N3O4S. The number of carbonyl (C=O) groups is 2. The van der Waals surface area contributed by atoms with Gasteiger partial charge in [-0.1, -0.05) is 12.1 Å². The first-order chi connectivity index (χ1) is 16.1. The minimum Gasteiger partial charge on any atom is -0.322 e. The van der Waals surface area contributed by atoms with Crippen LogP contribution in [0.15, 0.2) is 65.6 Å². The van der Waals surface area contributed by atoms with E-state index in [0.717, 1.165) is 23.2 Å². The summed E-state index contributed by atoms with van der Waals surface area (Å²) in [5.74, 6) is -0.327. The summed E-state index contributed by atoms with van der Waals surface area (Å²) in [6.45, 7) is 6.26. The number of hydrogen-bond donors (Lipinski definition) is 2. The molecule has 1 aliphatic heterocycles. The first kappa shape index (κ1) is 23.5. The maximum absolute atomic E-state index is 13.1. The van der Waals surface area contributed by atoms with E-state index < -0.39 is 15.9 Å². The lowest BCUT2D eigenvalue weighted by Gasteiger charge is -2.16. The average molecular weight is 478 g/mol. The van der Waals surface area contributed by atoms with Crippen molar-refractivity contribution in [3.8, 4) is 0 Å². The number of amides is 2. The van der Waals surface area contributed by atoms with Gasteiger partial charge in [0.25, 0.3) is 15.9 Å². The predicted molar refractivity (Wildman–Crippen MR) is 134 cm³/mol. The summed E-state index contributed by atoms with van der Waals surface area (Å²) in [6, 6.07) is 17.0. The highest BCUT2D eigenvalue weighted by Gasteiger charge is 2.22. The van der Waals surface area contributed by atoms with Crippen molar-refractivity contribution >= 4 is 38.9 Å². The quantitative estimate of drug-likeness (QED) is 0.534. The van der Waals surface area contributed by atoms with Crippen molar-refractivity contribution in [3.63, 3.8) is 0 Å². The second-order valence-corrected chi connectivity index (χ2v) is 10.2. The Morgan fingerprint density at radius 2 is 1.53 bits per heavy atom. The van der Waals surface area contributed by atoms with E-state index in [1.807, 2.05) is 19.9 Å². The van der Waals surface area contributed by atoms with Gasteiger partial charge in [-0.3, -0.25) is 14.3 Å². The normalized spacial score (nSPS) is 13.7. The molecule has 1 fully saturated rings. The van der Waals surface area contributed by atoms with Gasteiger partial charge < -0.3 is 10.2 Å². The fourth-order valence-corrected chi connectivity index (χ4v) is 5.22. The van der Waals surface area contributed by atoms with Gasteiger partial charge in [0.15, 0.2) is 0 Å². The number of aryl methyl sites for hydroxylation is 3. The maximum atomic E-state index is 13.1. The Hall–Kier alpha value is -3.65. The molecule has 0 aliphatic carbocycles. The molecule has 0 spiro atoms. The summed E-state index contributed by atoms with van der Waals surface area (Å²) in [5.41, 5.74) is 4.62. The van der Waals surface area contributed by atoms with Gasteiger partial charge in [0.1, 0.15) is 0 Å². The van der Waals surface area contributed by atoms with Crippen molar-refractivity contribution in [2.75, 3.05) is 21.5 Å². The van der Waals surface area contributed by atoms with Gasteiger partial charge in [0, 0.05) is 35.6 Å². The molecule has 1 aliphatic rings. The second-order valence-electron chi connectivity index (χ2n) is 8.53. The van der Waals surface area contributed by atoms with Crippen LogP contribution in [0.2, 0.25) is 0 Å². The number of hydrogen-bond acceptors (Lipinski definition) is 4. The SMILES string of the molecule is Cc1ccc(NS(=O)(=O)c2cc(C(=O)Nc3ccc(N4CCCC4=O)cc3)ccc2C)cc1C. The third-order valence-electron chi connectivity index (χ3n) is 6.01. The molecule has 8 heteroatoms. The Morgan fingerprint density at radius 1 is 0.853 bits per heavy atom. The molecule has 0 unspecified atom stereocenters. The summed E-state index contributed by atoms with van der Waals surface area (Å²) in [5, 5.41) is 2.79. The van der Waals surface area contributed by atoms with E-state index in [2.05, 4.69) is 10.0 Å². The van der Waals surface area contributed by atoms with Gasteiger partial charge in [-0.2, -0.15) is 0 Å². The Kier molecular flexibility index (Phi) is 6.43. The third-order valence-corrected chi connectivity index (χ3v) is 7.53. The molecule has 176 valence electrons. The zero-order chi connectivity index (χ0) is 24.5. The Labute approximate surface area is 199 Å². The topological polar surface area (TPSA) is 95.6 Å². The highest BCUT2D eigenvalue weighted by atomic mass is 32.2. The van der Waals surface area contributed by atoms with Crippen LogP contribution in [0.5, 0.6) is 0 Å². The van der Waals surface area contributed by atoms with Crippen LogP contribution in [0.4, 0.5) is 17.1 Å². The van der Waals surface area contributed by atoms with E-state index >= 15 is 0 Å². The van der Waals surface area contributed by atoms with Crippen molar-refractivity contribution < 1.29 is 18.0 Å². The molecule has 0 aromatic heterocycles. The number of nitrogens with one attached hydrogen (secondary N) is 2. The van der Waals surface area contributed by atoms with E-state index in [-0.39, 0.29) is 16.4 Å². The molecule has 7 nitrogen and oxygen atoms in total. The highest BCUT2D eigenvalue weighted by Crippen LogP contribution is 2.25. The van der Waals surface area contributed by atoms with Crippen molar-refractivity contribution in [3.05, 3.63) is 82.9 Å². The molecule has 4 rings (SSSR count). The zero-order valence-corrected chi connectivity index (χ0v) is 20.2. The maximum Gasteiger partial charge on any atom is 0.262 e. The molecule has 3 aromatic rings. The third kappa shape index (κ3) is 4.97. The van der Waals surface area contributed by atoms with Crippen molar-refractivity contribution in [1.82, 2.24) is 0 Å². The number of sulfonamides is 1. The zero-order valence-electron chi connectivity index (χ0n) is 19.4. The summed E-state index contributed by atoms with van der Waals surface area (Å²) in [7, 11) is -3.89. The summed E-state index contributed by atoms with van der Waals surface area (Å²) in [6.07, 6.45) is 1.39. The van der Waals surface area contributed by atoms with Gasteiger partial charge in [-0.05, 0) is 92.4 Å². The molecule has 0 atom stereocenters. The smallest absolute Gasteiger partial charge is 0.262 e. The van der Waals surface area contributed by atoms with Crippen LogP contribution in [0.25, 0.3) is 0 Å². The Bertz CT molecular complexity index is 1370. The first-order valence-electron chi connectivity index (χ1n) is 11.1. The molecule has 0 bridgehead atoms. The van der Waals surface area contributed by atoms with Gasteiger partial charge in [-0.25, -0.2) is 8.42 Å². The van der Waals surface area contributed by atoms with Crippen LogP contribution in [0.3, 0.4) is 0 Å². The first-order valence-corrected chi connectivity index (χ1v) is 12.5. The van der Waals surface area contributed by atoms with Crippen molar-refractivity contribution in [2.24, 2.45) is 0 Å². The molecule has 0 saturated carbocycles. The lowest BCUT2D eigenvalue weighted by Crippen LogP contribution is -2.23. The fraction of sp³-hybridized carbons (Fsp3) is 0.231. The van der Waals surface area contributed by atoms with Gasteiger partial charge >= 0.3 is 0 Å². The lowest BCUT2D eigenvalue weighted by atomic mass is 10.1. The van der Waals surface area contributed by atoms with E-state index in [4.69, 9.17) is 0 Å². The number of benzene rings is 3. The molecular weight excluding hydrogens is 450 g/mol. The molecule has 3 aromatic carbocycles. The van der Waals surface area contributed by atoms with E-state index in [1.165, 1.54) is 6.07 Å². The molecule has 2 N–H and O–H groups in total. The second kappa shape index (κ2) is 9.30. The van der Waals surface area contributed by atoms with Crippen LogP contribution in [0, 0.1) is 20.8 Å². The minimum absolute atomic E-state index is 0.0428. The molecule has 1 heterocycles. The van der Waals surface area contributed by atoms with Gasteiger partial charge in [0.05, 0.1) is 4.90 Å². The number of nitrogens with zero attached hydrogens (tertiary/aromatic N) is 1. The van der Waals surface area contributed by atoms with E-state index in [1.54, 1.807) is 60.4 Å². The number of rotatable bonds is 6. The molecule has 34 heavy (non-hydrogen) atoms. The van der Waals surface area contributed by atoms with Crippen molar-refractivity contribution in [2.45, 2.75) is 38.5 Å². The Balaban J connectivity index is 1.52. The van der Waals surface area contributed by atoms with Gasteiger partial charge in [0.2, 0.25) is 5.91 Å². The van der Waals surface area contributed by atoms with Crippen molar-refractivity contribution in [1.29, 1.82) is 0 Å². The summed E-state index contributed by atoms with van der Waals surface area (Å²) < 4.78 is 28.7. The van der Waals surface area contributed by atoms with Crippen LogP contribution >= 0.6 is 0 Å². The summed E-state index contributed by atoms with van der Waals surface area (Å²) >= 11 is 0. The standard InChI is InChI=1S/C26H27N3O4S/c1-17-7-9-22(15-19(17)3)28-34(32,33)24-16-20(8-6-18(24)2)26(31)27-21-10-12-23(13-11-21)29-14-4-5-25(29)30/h6-13,15-16,28H,4-5,14H2,1-3H3,(H,27,31). The number of anilines is 3. The van der Waals surface area contributed by atoms with E-state index in [0.29, 0.717) is 29.9 Å². The monoisotopic (exact) mass is 477 g/mol. The van der Waals surface area contributed by atoms with E-state index in [9.17, 15) is 18.0 Å². The fourth-order valence-electron chi connectivity index (χ4n) is 3.90. The molecule has 0 radical (unpaired) electrons. The van der Waals surface area contributed by atoms with Crippen LogP contribution in [-0.2, 0) is 14.8 Å². The minimum atomic E-state index is -3.89. The van der Waals surface area contributed by atoms with Crippen LogP contribution < -0.4 is 14.9 Å². The highest BCUT2D eigenvalue weighted by molar-refractivity contribution is 7.92.